The van der Waals surface area contributed by atoms with Crippen LogP contribution in [0.5, 0.6) is 0 Å². The summed E-state index contributed by atoms with van der Waals surface area (Å²) in [5.74, 6) is -0.0240. The van der Waals surface area contributed by atoms with E-state index in [4.69, 9.17) is 0 Å². The van der Waals surface area contributed by atoms with Crippen LogP contribution >= 0.6 is 15.9 Å². The number of rotatable bonds is 4. The zero-order valence-corrected chi connectivity index (χ0v) is 10.5. The van der Waals surface area contributed by atoms with Gasteiger partial charge >= 0.3 is 0 Å². The first-order valence-electron chi connectivity index (χ1n) is 4.84. The summed E-state index contributed by atoms with van der Waals surface area (Å²) in [7, 11) is 1.86. The number of nitrogens with one attached hydrogen (secondary N) is 2. The number of carbonyl (C=O) groups is 1. The minimum atomic E-state index is -0.0240. The maximum Gasteiger partial charge on any atom is 0.251 e. The predicted octanol–water partition coefficient (Wildman–Crippen LogP) is 1.71. The summed E-state index contributed by atoms with van der Waals surface area (Å²) in [6.45, 7) is 3.35. The van der Waals surface area contributed by atoms with Crippen molar-refractivity contribution < 1.29 is 4.79 Å². The van der Waals surface area contributed by atoms with Crippen molar-refractivity contribution in [2.24, 2.45) is 0 Å². The van der Waals surface area contributed by atoms with Crippen LogP contribution in [-0.4, -0.2) is 26.0 Å². The van der Waals surface area contributed by atoms with Gasteiger partial charge < -0.3 is 10.6 Å². The Kier molecular flexibility index (Phi) is 4.78. The highest BCUT2D eigenvalue weighted by Crippen LogP contribution is 2.15. The van der Waals surface area contributed by atoms with E-state index < -0.39 is 0 Å². The zero-order chi connectivity index (χ0) is 11.3. The molecule has 0 saturated carbocycles. The standard InChI is InChI=1S/C11H15BrN2O/c1-8-3-4-9(12)7-10(8)11(15)14-6-5-13-2/h3-4,7,13H,5-6H2,1-2H3,(H,14,15). The van der Waals surface area contributed by atoms with Crippen molar-refractivity contribution in [3.8, 4) is 0 Å². The first kappa shape index (κ1) is 12.2. The van der Waals surface area contributed by atoms with Gasteiger partial charge in [0.25, 0.3) is 5.91 Å². The normalized spacial score (nSPS) is 10.1. The lowest BCUT2D eigenvalue weighted by Crippen LogP contribution is -2.30. The lowest BCUT2D eigenvalue weighted by Gasteiger charge is -2.07. The third kappa shape index (κ3) is 3.64. The molecule has 0 radical (unpaired) electrons. The van der Waals surface area contributed by atoms with E-state index in [9.17, 15) is 4.79 Å². The highest BCUT2D eigenvalue weighted by atomic mass is 79.9. The number of amides is 1. The van der Waals surface area contributed by atoms with Gasteiger partial charge in [-0.3, -0.25) is 4.79 Å². The fraction of sp³-hybridized carbons (Fsp3) is 0.364. The molecular weight excluding hydrogens is 256 g/mol. The largest absolute Gasteiger partial charge is 0.351 e. The number of carbonyl (C=O) groups excluding carboxylic acids is 1. The van der Waals surface area contributed by atoms with Crippen LogP contribution in [0.1, 0.15) is 15.9 Å². The van der Waals surface area contributed by atoms with E-state index in [1.807, 2.05) is 32.2 Å². The van der Waals surface area contributed by atoms with Crippen LogP contribution in [0.2, 0.25) is 0 Å². The number of aryl methyl sites for hydroxylation is 1. The van der Waals surface area contributed by atoms with Crippen LogP contribution in [0.4, 0.5) is 0 Å². The van der Waals surface area contributed by atoms with Gasteiger partial charge in [-0.15, -0.1) is 0 Å². The summed E-state index contributed by atoms with van der Waals surface area (Å²) in [4.78, 5) is 11.7. The molecule has 0 atom stereocenters. The van der Waals surface area contributed by atoms with E-state index in [0.29, 0.717) is 6.54 Å². The van der Waals surface area contributed by atoms with Crippen molar-refractivity contribution in [2.75, 3.05) is 20.1 Å². The van der Waals surface area contributed by atoms with Gasteiger partial charge in [0.15, 0.2) is 0 Å². The Labute approximate surface area is 98.4 Å². The Morgan fingerprint density at radius 2 is 2.13 bits per heavy atom. The van der Waals surface area contributed by atoms with Crippen LogP contribution in [0, 0.1) is 6.92 Å². The van der Waals surface area contributed by atoms with E-state index in [-0.39, 0.29) is 5.91 Å². The molecule has 0 saturated heterocycles. The van der Waals surface area contributed by atoms with Gasteiger partial charge in [-0.1, -0.05) is 22.0 Å². The second-order valence-electron chi connectivity index (χ2n) is 3.32. The molecule has 0 bridgehead atoms. The third-order valence-electron chi connectivity index (χ3n) is 2.10. The number of likely N-dealkylation sites (N-methyl/N-ethyl adjacent to an activating group) is 1. The highest BCUT2D eigenvalue weighted by molar-refractivity contribution is 9.10. The number of hydrogen-bond acceptors (Lipinski definition) is 2. The summed E-state index contributed by atoms with van der Waals surface area (Å²) in [5, 5.41) is 5.82. The Bertz CT molecular complexity index is 352. The second kappa shape index (κ2) is 5.88. The fourth-order valence-electron chi connectivity index (χ4n) is 1.24. The van der Waals surface area contributed by atoms with Gasteiger partial charge in [0, 0.05) is 23.1 Å². The average Bonchev–Trinajstić information content (AvgIpc) is 2.22. The molecule has 15 heavy (non-hydrogen) atoms. The minimum Gasteiger partial charge on any atom is -0.351 e. The van der Waals surface area contributed by atoms with Gasteiger partial charge in [0.2, 0.25) is 0 Å². The molecule has 2 N–H and O–H groups in total. The van der Waals surface area contributed by atoms with Gasteiger partial charge in [0.05, 0.1) is 0 Å². The lowest BCUT2D eigenvalue weighted by atomic mass is 10.1. The molecule has 82 valence electrons. The van der Waals surface area contributed by atoms with Gasteiger partial charge in [-0.2, -0.15) is 0 Å². The molecule has 0 aliphatic carbocycles. The third-order valence-corrected chi connectivity index (χ3v) is 2.60. The molecule has 4 heteroatoms. The highest BCUT2D eigenvalue weighted by Gasteiger charge is 2.08. The van der Waals surface area contributed by atoms with Crippen molar-refractivity contribution in [1.29, 1.82) is 0 Å². The minimum absolute atomic E-state index is 0.0240. The molecule has 0 aliphatic rings. The molecule has 1 aromatic rings. The Morgan fingerprint density at radius 3 is 2.80 bits per heavy atom. The summed E-state index contributed by atoms with van der Waals surface area (Å²) < 4.78 is 0.923. The van der Waals surface area contributed by atoms with Crippen molar-refractivity contribution in [1.82, 2.24) is 10.6 Å². The molecule has 1 rings (SSSR count). The molecule has 0 unspecified atom stereocenters. The van der Waals surface area contributed by atoms with Crippen molar-refractivity contribution in [3.63, 3.8) is 0 Å². The van der Waals surface area contributed by atoms with E-state index in [2.05, 4.69) is 26.6 Å². The lowest BCUT2D eigenvalue weighted by molar-refractivity contribution is 0.0953. The summed E-state index contributed by atoms with van der Waals surface area (Å²) in [6, 6.07) is 5.70. The van der Waals surface area contributed by atoms with Gasteiger partial charge in [0.1, 0.15) is 0 Å². The Hall–Kier alpha value is -0.870. The summed E-state index contributed by atoms with van der Waals surface area (Å²) in [6.07, 6.45) is 0. The van der Waals surface area contributed by atoms with Crippen LogP contribution in [0.25, 0.3) is 0 Å². The number of halogens is 1. The molecule has 3 nitrogen and oxygen atoms in total. The smallest absolute Gasteiger partial charge is 0.251 e. The molecule has 1 aromatic carbocycles. The van der Waals surface area contributed by atoms with Crippen LogP contribution < -0.4 is 10.6 Å². The zero-order valence-electron chi connectivity index (χ0n) is 8.93. The Balaban J connectivity index is 2.68. The molecule has 0 fully saturated rings. The van der Waals surface area contributed by atoms with Crippen molar-refractivity contribution in [3.05, 3.63) is 33.8 Å². The molecular formula is C11H15BrN2O. The van der Waals surface area contributed by atoms with Gasteiger partial charge in [-0.25, -0.2) is 0 Å². The molecule has 1 amide bonds. The maximum atomic E-state index is 11.7. The number of benzene rings is 1. The average molecular weight is 271 g/mol. The van der Waals surface area contributed by atoms with Gasteiger partial charge in [-0.05, 0) is 31.7 Å². The summed E-state index contributed by atoms with van der Waals surface area (Å²) in [5.41, 5.74) is 1.71. The molecule has 0 aliphatic heterocycles. The SMILES string of the molecule is CNCCNC(=O)c1cc(Br)ccc1C. The van der Waals surface area contributed by atoms with E-state index >= 15 is 0 Å². The molecule has 0 heterocycles. The summed E-state index contributed by atoms with van der Waals surface area (Å²) >= 11 is 3.35. The maximum absolute atomic E-state index is 11.7. The van der Waals surface area contributed by atoms with Crippen molar-refractivity contribution in [2.45, 2.75) is 6.92 Å². The topological polar surface area (TPSA) is 41.1 Å². The molecule has 0 aromatic heterocycles. The first-order valence-corrected chi connectivity index (χ1v) is 5.63. The van der Waals surface area contributed by atoms with Crippen molar-refractivity contribution >= 4 is 21.8 Å². The van der Waals surface area contributed by atoms with Crippen LogP contribution in [0.15, 0.2) is 22.7 Å². The molecule has 0 spiro atoms. The Morgan fingerprint density at radius 1 is 1.40 bits per heavy atom. The first-order chi connectivity index (χ1) is 7.15. The van der Waals surface area contributed by atoms with E-state index in [1.165, 1.54) is 0 Å². The quantitative estimate of drug-likeness (QED) is 0.818. The number of hydrogen-bond donors (Lipinski definition) is 2. The van der Waals surface area contributed by atoms with E-state index in [1.54, 1.807) is 0 Å². The predicted molar refractivity (Wildman–Crippen MR) is 65.1 cm³/mol. The van der Waals surface area contributed by atoms with E-state index in [0.717, 1.165) is 22.1 Å². The van der Waals surface area contributed by atoms with Crippen LogP contribution in [0.3, 0.4) is 0 Å². The van der Waals surface area contributed by atoms with Crippen LogP contribution in [-0.2, 0) is 0 Å². The monoisotopic (exact) mass is 270 g/mol. The fourth-order valence-corrected chi connectivity index (χ4v) is 1.60. The second-order valence-corrected chi connectivity index (χ2v) is 4.23.